The maximum atomic E-state index is 12.2. The highest BCUT2D eigenvalue weighted by Crippen LogP contribution is 2.36. The van der Waals surface area contributed by atoms with Crippen LogP contribution < -0.4 is 0 Å². The third-order valence-corrected chi connectivity index (χ3v) is 5.53. The molecule has 0 N–H and O–H groups in total. The molecule has 1 heterocycles. The van der Waals surface area contributed by atoms with Crippen LogP contribution in [0, 0.1) is 17.8 Å². The molecular weight excluding hydrogens is 260 g/mol. The predicted octanol–water partition coefficient (Wildman–Crippen LogP) is 3.47. The van der Waals surface area contributed by atoms with Crippen LogP contribution in [0.5, 0.6) is 0 Å². The van der Waals surface area contributed by atoms with Crippen molar-refractivity contribution in [3.63, 3.8) is 0 Å². The molecule has 0 spiro atoms. The van der Waals surface area contributed by atoms with Crippen molar-refractivity contribution in [2.24, 2.45) is 17.8 Å². The molecule has 19 heavy (non-hydrogen) atoms. The van der Waals surface area contributed by atoms with Gasteiger partial charge in [0.05, 0.1) is 6.10 Å². The Morgan fingerprint density at radius 2 is 2.05 bits per heavy atom. The summed E-state index contributed by atoms with van der Waals surface area (Å²) in [7, 11) is 0. The molecule has 1 unspecified atom stereocenters. The molecule has 5 atom stereocenters. The van der Waals surface area contributed by atoms with E-state index in [2.05, 4.69) is 20.8 Å². The molecule has 2 fully saturated rings. The Morgan fingerprint density at radius 1 is 1.32 bits per heavy atom. The Labute approximate surface area is 120 Å². The number of rotatable bonds is 3. The van der Waals surface area contributed by atoms with Gasteiger partial charge in [-0.3, -0.25) is 0 Å². The van der Waals surface area contributed by atoms with E-state index in [0.29, 0.717) is 17.8 Å². The summed E-state index contributed by atoms with van der Waals surface area (Å²) < 4.78 is 11.4. The van der Waals surface area contributed by atoms with Crippen molar-refractivity contribution >= 4 is 17.7 Å². The van der Waals surface area contributed by atoms with Gasteiger partial charge in [-0.2, -0.15) is 0 Å². The van der Waals surface area contributed by atoms with Gasteiger partial charge in [0.2, 0.25) is 5.44 Å². The minimum absolute atomic E-state index is 0.0800. The van der Waals surface area contributed by atoms with Crippen molar-refractivity contribution in [3.8, 4) is 0 Å². The fourth-order valence-electron chi connectivity index (χ4n) is 3.09. The van der Waals surface area contributed by atoms with Gasteiger partial charge in [-0.15, -0.1) is 11.8 Å². The van der Waals surface area contributed by atoms with Crippen molar-refractivity contribution in [3.05, 3.63) is 0 Å². The van der Waals surface area contributed by atoms with Crippen LogP contribution >= 0.6 is 11.8 Å². The van der Waals surface area contributed by atoms with Crippen molar-refractivity contribution in [2.45, 2.75) is 64.6 Å². The highest BCUT2D eigenvalue weighted by atomic mass is 32.2. The lowest BCUT2D eigenvalue weighted by Crippen LogP contribution is -2.38. The highest BCUT2D eigenvalue weighted by molar-refractivity contribution is 8.00. The van der Waals surface area contributed by atoms with Gasteiger partial charge in [-0.1, -0.05) is 27.2 Å². The molecule has 4 heteroatoms. The van der Waals surface area contributed by atoms with E-state index >= 15 is 0 Å². The van der Waals surface area contributed by atoms with E-state index in [9.17, 15) is 4.79 Å². The largest absolute Gasteiger partial charge is 0.459 e. The van der Waals surface area contributed by atoms with Crippen LogP contribution in [0.15, 0.2) is 0 Å². The van der Waals surface area contributed by atoms with Crippen molar-refractivity contribution < 1.29 is 14.3 Å². The van der Waals surface area contributed by atoms with Crippen LogP contribution in [0.1, 0.15) is 47.0 Å². The second-order valence-electron chi connectivity index (χ2n) is 6.41. The predicted molar refractivity (Wildman–Crippen MR) is 78.0 cm³/mol. The summed E-state index contributed by atoms with van der Waals surface area (Å²) in [5, 5.41) is 0. The van der Waals surface area contributed by atoms with Crippen LogP contribution in [-0.4, -0.2) is 29.4 Å². The molecule has 1 saturated carbocycles. The third-order valence-electron chi connectivity index (χ3n) is 4.26. The lowest BCUT2D eigenvalue weighted by molar-refractivity contribution is -0.164. The van der Waals surface area contributed by atoms with Crippen molar-refractivity contribution in [1.29, 1.82) is 0 Å². The van der Waals surface area contributed by atoms with E-state index < -0.39 is 5.44 Å². The SMILES string of the molecule is CC(C)[C@@H]1CC[C@@H](C)CC1OC(=O)[C@@H]1O[C@H](C)CS1. The minimum Gasteiger partial charge on any atom is -0.459 e. The van der Waals surface area contributed by atoms with E-state index in [0.717, 1.165) is 12.2 Å². The number of thioether (sulfide) groups is 1. The molecule has 2 aliphatic rings. The topological polar surface area (TPSA) is 35.5 Å². The second kappa shape index (κ2) is 6.49. The van der Waals surface area contributed by atoms with E-state index in [1.807, 2.05) is 6.92 Å². The monoisotopic (exact) mass is 286 g/mol. The minimum atomic E-state index is -0.403. The highest BCUT2D eigenvalue weighted by Gasteiger charge is 2.37. The average Bonchev–Trinajstić information content (AvgIpc) is 2.75. The summed E-state index contributed by atoms with van der Waals surface area (Å²) in [5.74, 6) is 2.45. The van der Waals surface area contributed by atoms with Crippen LogP contribution in [0.25, 0.3) is 0 Å². The zero-order valence-electron chi connectivity index (χ0n) is 12.4. The molecule has 0 aromatic heterocycles. The molecule has 1 saturated heterocycles. The summed E-state index contributed by atoms with van der Waals surface area (Å²) in [4.78, 5) is 12.2. The van der Waals surface area contributed by atoms with Crippen LogP contribution in [0.2, 0.25) is 0 Å². The fourth-order valence-corrected chi connectivity index (χ4v) is 4.08. The smallest absolute Gasteiger partial charge is 0.346 e. The van der Waals surface area contributed by atoms with Gasteiger partial charge in [0.25, 0.3) is 0 Å². The first-order valence-electron chi connectivity index (χ1n) is 7.45. The molecule has 2 rings (SSSR count). The standard InChI is InChI=1S/C15H26O3S/c1-9(2)12-6-5-10(3)7-13(12)18-14(16)15-17-11(4)8-19-15/h9-13,15H,5-8H2,1-4H3/t10-,11-,12+,13?,15-/m1/s1. The molecule has 1 aliphatic carbocycles. The van der Waals surface area contributed by atoms with Gasteiger partial charge in [0.15, 0.2) is 0 Å². The van der Waals surface area contributed by atoms with Crippen LogP contribution in [0.4, 0.5) is 0 Å². The Bertz CT molecular complexity index is 319. The Morgan fingerprint density at radius 3 is 2.63 bits per heavy atom. The third kappa shape index (κ3) is 3.88. The molecule has 3 nitrogen and oxygen atoms in total. The van der Waals surface area contributed by atoms with E-state index in [-0.39, 0.29) is 18.2 Å². The first-order chi connectivity index (χ1) is 8.97. The number of hydrogen-bond donors (Lipinski definition) is 0. The zero-order chi connectivity index (χ0) is 14.0. The Kier molecular flexibility index (Phi) is 5.18. The molecule has 0 aromatic carbocycles. The van der Waals surface area contributed by atoms with E-state index in [1.54, 1.807) is 11.8 Å². The number of carbonyl (C=O) groups is 1. The Balaban J connectivity index is 1.92. The number of carbonyl (C=O) groups excluding carboxylic acids is 1. The summed E-state index contributed by atoms with van der Waals surface area (Å²) in [6.07, 6.45) is 3.67. The molecule has 0 radical (unpaired) electrons. The number of esters is 1. The number of ether oxygens (including phenoxy) is 2. The second-order valence-corrected chi connectivity index (χ2v) is 7.51. The maximum Gasteiger partial charge on any atom is 0.346 e. The van der Waals surface area contributed by atoms with E-state index in [1.165, 1.54) is 12.8 Å². The van der Waals surface area contributed by atoms with Gasteiger partial charge >= 0.3 is 5.97 Å². The van der Waals surface area contributed by atoms with Crippen molar-refractivity contribution in [1.82, 2.24) is 0 Å². The van der Waals surface area contributed by atoms with Gasteiger partial charge in [0, 0.05) is 5.75 Å². The molecule has 110 valence electrons. The van der Waals surface area contributed by atoms with E-state index in [4.69, 9.17) is 9.47 Å². The summed E-state index contributed by atoms with van der Waals surface area (Å²) >= 11 is 1.56. The lowest BCUT2D eigenvalue weighted by atomic mass is 9.75. The van der Waals surface area contributed by atoms with Crippen molar-refractivity contribution in [2.75, 3.05) is 5.75 Å². The first-order valence-corrected chi connectivity index (χ1v) is 8.49. The van der Waals surface area contributed by atoms with Gasteiger partial charge < -0.3 is 9.47 Å². The summed E-state index contributed by atoms with van der Waals surface area (Å²) in [6.45, 7) is 8.70. The first kappa shape index (κ1) is 15.2. The molecule has 0 amide bonds. The lowest BCUT2D eigenvalue weighted by Gasteiger charge is -2.37. The molecule has 0 bridgehead atoms. The van der Waals surface area contributed by atoms with Gasteiger partial charge in [0.1, 0.15) is 6.10 Å². The quantitative estimate of drug-likeness (QED) is 0.744. The Hall–Kier alpha value is -0.220. The maximum absolute atomic E-state index is 12.2. The van der Waals surface area contributed by atoms with Crippen LogP contribution in [0.3, 0.4) is 0 Å². The molecule has 0 aromatic rings. The summed E-state index contributed by atoms with van der Waals surface area (Å²) in [5.41, 5.74) is -0.403. The zero-order valence-corrected chi connectivity index (χ0v) is 13.2. The fraction of sp³-hybridized carbons (Fsp3) is 0.933. The average molecular weight is 286 g/mol. The summed E-state index contributed by atoms with van der Waals surface area (Å²) in [6, 6.07) is 0. The van der Waals surface area contributed by atoms with Crippen LogP contribution in [-0.2, 0) is 14.3 Å². The molecular formula is C15H26O3S. The number of hydrogen-bond acceptors (Lipinski definition) is 4. The normalized spacial score (nSPS) is 39.5. The van der Waals surface area contributed by atoms with Gasteiger partial charge in [-0.25, -0.2) is 4.79 Å². The van der Waals surface area contributed by atoms with Gasteiger partial charge in [-0.05, 0) is 37.5 Å². The molecule has 1 aliphatic heterocycles.